The summed E-state index contributed by atoms with van der Waals surface area (Å²) >= 11 is 4.37. The van der Waals surface area contributed by atoms with Crippen LogP contribution in [-0.2, 0) is 72.0 Å². The normalized spacial score (nSPS) is 24.1. The second-order valence-electron chi connectivity index (χ2n) is 21.6. The van der Waals surface area contributed by atoms with Crippen molar-refractivity contribution >= 4 is 89.5 Å². The molecule has 89 heavy (non-hydrogen) atoms. The SMILES string of the molecule is CC[C@H](C)[C@@H]1NC(=O)[C@H](Cc2cnc[nH]2)NC(=O)[C@H](CCCN=C(N)N)NC(=O)[C@H](Cc2ccc(O)cc2)NC(=O)[C@H](CS)NC(=O)[C@H](Cc2ccccc2)NC(=O)[C@H](C)NC(=O)[C@H](CCCN=C(N)N)NC(=O)CNC(=O)[C@@H]2CCCN2C(=O)CNC1=O. The predicted molar refractivity (Wildman–Crippen MR) is 329 cm³/mol. The third-order valence-electron chi connectivity index (χ3n) is 14.8. The summed E-state index contributed by atoms with van der Waals surface area (Å²) in [6.45, 7) is 3.72. The average Bonchev–Trinajstić information content (AvgIpc) is 2.55. The van der Waals surface area contributed by atoms with Crippen LogP contribution in [0.5, 0.6) is 5.75 Å². The second-order valence-corrected chi connectivity index (χ2v) is 22.0. The lowest BCUT2D eigenvalue weighted by molar-refractivity contribution is -0.139. The van der Waals surface area contributed by atoms with E-state index in [4.69, 9.17) is 22.9 Å². The molecule has 3 aromatic rings. The van der Waals surface area contributed by atoms with Crippen LogP contribution >= 0.6 is 12.6 Å². The maximum atomic E-state index is 14.7. The number of benzene rings is 2. The number of carbonyl (C=O) groups excluding carboxylic acids is 11. The van der Waals surface area contributed by atoms with E-state index < -0.39 is 138 Å². The van der Waals surface area contributed by atoms with Gasteiger partial charge in [0.1, 0.15) is 60.1 Å². The number of aromatic amines is 1. The molecule has 0 radical (unpaired) electrons. The number of fused-ring (bicyclic) bond motifs is 1. The fourth-order valence-corrected chi connectivity index (χ4v) is 9.92. The van der Waals surface area contributed by atoms with Gasteiger partial charge >= 0.3 is 0 Å². The minimum Gasteiger partial charge on any atom is -0.508 e. The van der Waals surface area contributed by atoms with E-state index in [0.717, 1.165) is 0 Å². The summed E-state index contributed by atoms with van der Waals surface area (Å²) in [6.07, 6.45) is 3.21. The number of hydrogen-bond donors (Lipinski definition) is 17. The largest absolute Gasteiger partial charge is 0.508 e. The topological polar surface area (TPSA) is 489 Å². The van der Waals surface area contributed by atoms with Crippen LogP contribution in [0.1, 0.15) is 82.5 Å². The molecule has 0 bridgehead atoms. The van der Waals surface area contributed by atoms with Crippen molar-refractivity contribution in [3.63, 3.8) is 0 Å². The summed E-state index contributed by atoms with van der Waals surface area (Å²) in [5, 5.41) is 36.4. The quantitative estimate of drug-likeness (QED) is 0.0262. The Morgan fingerprint density at radius 1 is 0.618 bits per heavy atom. The number of guanidine groups is 2. The number of thiol groups is 1. The molecule has 32 heteroatoms. The van der Waals surface area contributed by atoms with Gasteiger partial charge in [-0.05, 0) is 74.6 Å². The minimum absolute atomic E-state index is 0.00212. The summed E-state index contributed by atoms with van der Waals surface area (Å²) in [5.41, 5.74) is 23.6. The van der Waals surface area contributed by atoms with Crippen LogP contribution in [-0.4, -0.2) is 190 Å². The van der Waals surface area contributed by atoms with Gasteiger partial charge < -0.3 is 91.1 Å². The Morgan fingerprint density at radius 2 is 1.12 bits per heavy atom. The van der Waals surface area contributed by atoms with Crippen molar-refractivity contribution in [1.29, 1.82) is 0 Å². The van der Waals surface area contributed by atoms with Crippen LogP contribution in [0.4, 0.5) is 0 Å². The molecular formula is C57H83N19O12S. The van der Waals surface area contributed by atoms with Crippen molar-refractivity contribution in [1.82, 2.24) is 68.0 Å². The minimum atomic E-state index is -1.51. The van der Waals surface area contributed by atoms with Gasteiger partial charge in [-0.1, -0.05) is 62.7 Å². The van der Waals surface area contributed by atoms with Crippen LogP contribution in [0.15, 0.2) is 77.1 Å². The van der Waals surface area contributed by atoms with Crippen molar-refractivity contribution in [3.05, 3.63) is 83.9 Å². The molecule has 3 heterocycles. The van der Waals surface area contributed by atoms with Gasteiger partial charge in [-0.15, -0.1) is 0 Å². The number of rotatable bonds is 17. The number of H-pyrrole nitrogens is 1. The molecule has 20 N–H and O–H groups in total. The van der Waals surface area contributed by atoms with Crippen molar-refractivity contribution in [2.45, 2.75) is 139 Å². The van der Waals surface area contributed by atoms with Crippen LogP contribution in [0.2, 0.25) is 0 Å². The maximum Gasteiger partial charge on any atom is 0.244 e. The number of aliphatic imine (C=N–C) groups is 2. The lowest BCUT2D eigenvalue weighted by Gasteiger charge is -2.29. The highest BCUT2D eigenvalue weighted by Crippen LogP contribution is 2.19. The average molecular weight is 1260 g/mol. The summed E-state index contributed by atoms with van der Waals surface area (Å²) in [6, 6.07) is 1.89. The number of nitrogens with one attached hydrogen (secondary N) is 11. The maximum absolute atomic E-state index is 14.7. The molecule has 10 atom stereocenters. The Labute approximate surface area is 519 Å². The van der Waals surface area contributed by atoms with Crippen molar-refractivity contribution < 1.29 is 57.8 Å². The summed E-state index contributed by atoms with van der Waals surface area (Å²) in [7, 11) is 0. The van der Waals surface area contributed by atoms with Gasteiger partial charge in [-0.2, -0.15) is 12.6 Å². The van der Waals surface area contributed by atoms with E-state index in [2.05, 4.69) is 85.7 Å². The molecule has 0 spiro atoms. The van der Waals surface area contributed by atoms with Crippen LogP contribution in [0.25, 0.3) is 0 Å². The number of amides is 11. The molecule has 11 amide bonds. The van der Waals surface area contributed by atoms with E-state index in [0.29, 0.717) is 29.7 Å². The number of carbonyl (C=O) groups is 11. The number of nitrogens with two attached hydrogens (primary N) is 4. The van der Waals surface area contributed by atoms with Gasteiger partial charge in [-0.3, -0.25) is 62.7 Å². The highest BCUT2D eigenvalue weighted by molar-refractivity contribution is 7.80. The highest BCUT2D eigenvalue weighted by Gasteiger charge is 2.38. The van der Waals surface area contributed by atoms with E-state index in [1.807, 2.05) is 0 Å². The van der Waals surface area contributed by atoms with E-state index in [1.54, 1.807) is 44.2 Å². The molecule has 2 fully saturated rings. The number of nitrogens with zero attached hydrogens (tertiary/aromatic N) is 4. The Kier molecular flexibility index (Phi) is 27.9. The van der Waals surface area contributed by atoms with Gasteiger partial charge in [0.15, 0.2) is 11.9 Å². The third-order valence-corrected chi connectivity index (χ3v) is 15.2. The molecule has 31 nitrogen and oxygen atoms in total. The molecule has 0 aliphatic carbocycles. The van der Waals surface area contributed by atoms with Crippen molar-refractivity contribution in [2.75, 3.05) is 38.5 Å². The zero-order valence-electron chi connectivity index (χ0n) is 49.9. The Hall–Kier alpha value is -9.49. The van der Waals surface area contributed by atoms with Gasteiger partial charge in [0.05, 0.1) is 19.4 Å². The Morgan fingerprint density at radius 3 is 1.70 bits per heavy atom. The monoisotopic (exact) mass is 1260 g/mol. The van der Waals surface area contributed by atoms with E-state index in [-0.39, 0.29) is 94.4 Å². The Balaban J connectivity index is 1.54. The first-order valence-electron chi connectivity index (χ1n) is 29.2. The predicted octanol–water partition coefficient (Wildman–Crippen LogP) is -4.64. The summed E-state index contributed by atoms with van der Waals surface area (Å²) in [5.74, 6) is -10.6. The first-order valence-corrected chi connectivity index (χ1v) is 29.9. The van der Waals surface area contributed by atoms with Crippen LogP contribution < -0.4 is 76.1 Å². The van der Waals surface area contributed by atoms with Gasteiger partial charge in [0.2, 0.25) is 65.0 Å². The van der Waals surface area contributed by atoms with Gasteiger partial charge in [0.25, 0.3) is 0 Å². The third kappa shape index (κ3) is 23.0. The fourth-order valence-electron chi connectivity index (χ4n) is 9.66. The van der Waals surface area contributed by atoms with Crippen molar-refractivity contribution in [3.8, 4) is 5.75 Å². The second kappa shape index (κ2) is 35.4. The zero-order valence-corrected chi connectivity index (χ0v) is 50.8. The summed E-state index contributed by atoms with van der Waals surface area (Å²) < 4.78 is 0. The molecule has 0 unspecified atom stereocenters. The highest BCUT2D eigenvalue weighted by atomic mass is 32.1. The molecule has 1 aromatic heterocycles. The van der Waals surface area contributed by atoms with E-state index in [1.165, 1.54) is 48.6 Å². The van der Waals surface area contributed by atoms with Crippen molar-refractivity contribution in [2.24, 2.45) is 38.8 Å². The molecule has 2 aliphatic rings. The Bertz CT molecular complexity index is 2980. The van der Waals surface area contributed by atoms with Gasteiger partial charge in [0, 0.05) is 56.5 Å². The molecule has 2 saturated heterocycles. The zero-order chi connectivity index (χ0) is 65.2. The molecule has 2 aromatic carbocycles. The number of aromatic nitrogens is 2. The molecular weight excluding hydrogens is 1170 g/mol. The molecule has 484 valence electrons. The number of phenolic OH excluding ortho intramolecular Hbond substituents is 1. The number of aromatic hydroxyl groups is 1. The van der Waals surface area contributed by atoms with E-state index in [9.17, 15) is 57.8 Å². The van der Waals surface area contributed by atoms with Crippen LogP contribution in [0.3, 0.4) is 0 Å². The number of hydrogen-bond acceptors (Lipinski definition) is 16. The first kappa shape index (κ1) is 70.3. The smallest absolute Gasteiger partial charge is 0.244 e. The fraction of sp³-hybridized carbons (Fsp3) is 0.509. The standard InChI is InChI=1S/C57H83N19O12S/c1-4-31(2)46-55(88)66-28-45(79)76-22-10-15-43(76)54(87)65-27-44(78)69-37(13-8-20-63-56(58)59)48(81)68-32(3)47(80)71-39(23-33-11-6-5-7-12-33)51(84)74-42(29-89)53(86)72-40(24-34-16-18-36(77)19-17-34)50(83)70-38(14-9-21-64-57(60)61)49(82)73-41(52(85)75-46)25-35-26-62-30-67-35/h5-7,11-12,16-19,26,30-32,37-43,46,77,89H,4,8-10,13-15,20-25,27-29H2,1-3H3,(H,62,67)(H,65,87)(H,66,88)(H,68,81)(H,69,78)(H,70,83)(H,71,80)(H,72,86)(H,73,82)(H,74,84)(H,75,85)(H4,58,59,63)(H4,60,61,64)/t31-,32-,37-,38-,39-,40-,41-,42-,43-,46-/m0/s1. The first-order chi connectivity index (χ1) is 42.5. The van der Waals surface area contributed by atoms with Gasteiger partial charge in [-0.25, -0.2) is 4.98 Å². The number of imidazole rings is 1. The number of phenols is 1. The lowest BCUT2D eigenvalue weighted by Crippen LogP contribution is -2.61. The van der Waals surface area contributed by atoms with Crippen LogP contribution in [0, 0.1) is 5.92 Å². The molecule has 5 rings (SSSR count). The molecule has 0 saturated carbocycles. The molecule has 2 aliphatic heterocycles. The summed E-state index contributed by atoms with van der Waals surface area (Å²) in [4.78, 5) is 172. The van der Waals surface area contributed by atoms with E-state index >= 15 is 0 Å². The lowest BCUT2D eigenvalue weighted by atomic mass is 9.97.